The first kappa shape index (κ1) is 17.2. The molecule has 0 radical (unpaired) electrons. The van der Waals surface area contributed by atoms with Crippen LogP contribution in [0, 0.1) is 28.7 Å². The molecule has 3 fully saturated rings. The molecular weight excluding hydrogens is 334 g/mol. The molecular formula is C22H29N5. The molecule has 27 heavy (non-hydrogen) atoms. The minimum Gasteiger partial charge on any atom is -0.355 e. The van der Waals surface area contributed by atoms with E-state index in [-0.39, 0.29) is 17.6 Å². The standard InChI is InChI=1S/C22H29N5/c1-2-22(20-25-17-6-3-4-7-18(17)26-20)10-5-11-27(21(22)24-14-23)19-13-15-8-9-16(19)12-15/h3-4,6-7,15-17,19-20,25H,2,5,8-13H2,1H3. The fourth-order valence-electron chi connectivity index (χ4n) is 6.43. The van der Waals surface area contributed by atoms with Crippen molar-refractivity contribution in [2.75, 3.05) is 6.54 Å². The van der Waals surface area contributed by atoms with Crippen LogP contribution >= 0.6 is 0 Å². The van der Waals surface area contributed by atoms with Gasteiger partial charge in [0.05, 0.1) is 17.2 Å². The van der Waals surface area contributed by atoms with Gasteiger partial charge in [0.25, 0.3) is 0 Å². The number of hydrogen-bond acceptors (Lipinski definition) is 4. The van der Waals surface area contributed by atoms with Gasteiger partial charge in [-0.05, 0) is 56.4 Å². The van der Waals surface area contributed by atoms with Crippen molar-refractivity contribution in [2.45, 2.75) is 70.1 Å². The van der Waals surface area contributed by atoms with Crippen molar-refractivity contribution in [2.24, 2.45) is 27.2 Å². The highest BCUT2D eigenvalue weighted by atomic mass is 15.3. The molecule has 0 aromatic rings. The van der Waals surface area contributed by atoms with Gasteiger partial charge in [-0.3, -0.25) is 10.3 Å². The lowest BCUT2D eigenvalue weighted by atomic mass is 9.72. The van der Waals surface area contributed by atoms with E-state index in [4.69, 9.17) is 4.99 Å². The molecule has 3 aliphatic carbocycles. The maximum Gasteiger partial charge on any atom is 0.207 e. The number of likely N-dealkylation sites (tertiary alicyclic amines) is 1. The summed E-state index contributed by atoms with van der Waals surface area (Å²) in [6.07, 6.45) is 19.2. The maximum atomic E-state index is 9.55. The van der Waals surface area contributed by atoms with Crippen molar-refractivity contribution < 1.29 is 0 Å². The van der Waals surface area contributed by atoms with Gasteiger partial charge in [-0.1, -0.05) is 31.6 Å². The molecule has 5 rings (SSSR count). The first-order valence-electron chi connectivity index (χ1n) is 10.7. The first-order chi connectivity index (χ1) is 13.2. The molecule has 6 atom stereocenters. The summed E-state index contributed by atoms with van der Waals surface area (Å²) in [6.45, 7) is 3.29. The normalized spacial score (nSPS) is 43.9. The van der Waals surface area contributed by atoms with Crippen LogP contribution in [0.1, 0.15) is 51.9 Å². The number of amidine groups is 1. The molecule has 0 amide bonds. The molecule has 0 aromatic heterocycles. The largest absolute Gasteiger partial charge is 0.355 e. The smallest absolute Gasteiger partial charge is 0.207 e. The van der Waals surface area contributed by atoms with Gasteiger partial charge in [0.1, 0.15) is 12.0 Å². The Kier molecular flexibility index (Phi) is 4.20. The van der Waals surface area contributed by atoms with E-state index in [2.05, 4.69) is 52.6 Å². The van der Waals surface area contributed by atoms with Crippen molar-refractivity contribution in [1.29, 1.82) is 5.26 Å². The highest BCUT2D eigenvalue weighted by molar-refractivity contribution is 6.04. The van der Waals surface area contributed by atoms with E-state index in [1.54, 1.807) is 0 Å². The Balaban J connectivity index is 1.50. The predicted molar refractivity (Wildman–Crippen MR) is 107 cm³/mol. The number of piperidine rings is 1. The summed E-state index contributed by atoms with van der Waals surface area (Å²) in [7, 11) is 0. The monoisotopic (exact) mass is 363 g/mol. The van der Waals surface area contributed by atoms with Crippen LogP contribution < -0.4 is 5.32 Å². The Hall–Kier alpha value is -1.93. The minimum atomic E-state index is -0.179. The van der Waals surface area contributed by atoms with E-state index in [1.807, 2.05) is 0 Å². The number of aliphatic imine (C=N–C) groups is 2. The van der Waals surface area contributed by atoms with Crippen LogP contribution in [0.5, 0.6) is 0 Å². The highest BCUT2D eigenvalue weighted by Gasteiger charge is 2.53. The Morgan fingerprint density at radius 1 is 1.37 bits per heavy atom. The van der Waals surface area contributed by atoms with Crippen LogP contribution in [0.4, 0.5) is 0 Å². The lowest BCUT2D eigenvalue weighted by Gasteiger charge is -2.50. The zero-order valence-electron chi connectivity index (χ0n) is 16.1. The van der Waals surface area contributed by atoms with Gasteiger partial charge >= 0.3 is 0 Å². The Labute approximate surface area is 161 Å². The number of nitriles is 1. The predicted octanol–water partition coefficient (Wildman–Crippen LogP) is 3.41. The van der Waals surface area contributed by atoms with Crippen LogP contribution in [0.3, 0.4) is 0 Å². The van der Waals surface area contributed by atoms with Crippen LogP contribution in [0.15, 0.2) is 34.3 Å². The van der Waals surface area contributed by atoms with Crippen molar-refractivity contribution in [3.8, 4) is 6.19 Å². The fraction of sp³-hybridized carbons (Fsp3) is 0.682. The highest BCUT2D eigenvalue weighted by Crippen LogP contribution is 2.50. The van der Waals surface area contributed by atoms with Crippen LogP contribution in [-0.2, 0) is 0 Å². The molecule has 1 saturated heterocycles. The van der Waals surface area contributed by atoms with Crippen LogP contribution in [-0.4, -0.2) is 41.2 Å². The molecule has 5 heteroatoms. The average Bonchev–Trinajstić information content (AvgIpc) is 3.43. The second-order valence-corrected chi connectivity index (χ2v) is 8.93. The van der Waals surface area contributed by atoms with Crippen molar-refractivity contribution in [3.63, 3.8) is 0 Å². The molecule has 2 bridgehead atoms. The van der Waals surface area contributed by atoms with Crippen LogP contribution in [0.25, 0.3) is 0 Å². The number of nitrogens with zero attached hydrogens (tertiary/aromatic N) is 4. The lowest BCUT2D eigenvalue weighted by Crippen LogP contribution is -2.60. The zero-order chi connectivity index (χ0) is 18.4. The molecule has 142 valence electrons. The van der Waals surface area contributed by atoms with Gasteiger partial charge in [0.2, 0.25) is 6.19 Å². The van der Waals surface area contributed by atoms with Gasteiger partial charge in [-0.25, -0.2) is 0 Å². The Morgan fingerprint density at radius 3 is 3.00 bits per heavy atom. The number of rotatable bonds is 3. The number of fused-ring (bicyclic) bond motifs is 3. The summed E-state index contributed by atoms with van der Waals surface area (Å²) in [5.41, 5.74) is 0.936. The molecule has 5 nitrogen and oxygen atoms in total. The van der Waals surface area contributed by atoms with Gasteiger partial charge in [0, 0.05) is 12.6 Å². The molecule has 2 aliphatic heterocycles. The molecule has 0 aromatic carbocycles. The fourth-order valence-corrected chi connectivity index (χ4v) is 6.43. The zero-order valence-corrected chi connectivity index (χ0v) is 16.1. The van der Waals surface area contributed by atoms with Gasteiger partial charge in [0.15, 0.2) is 0 Å². The number of allylic oxidation sites excluding steroid dienone is 2. The van der Waals surface area contributed by atoms with Crippen LogP contribution in [0.2, 0.25) is 0 Å². The third kappa shape index (κ3) is 2.61. The third-order valence-electron chi connectivity index (χ3n) is 7.77. The summed E-state index contributed by atoms with van der Waals surface area (Å²) < 4.78 is 0. The van der Waals surface area contributed by atoms with Crippen molar-refractivity contribution in [1.82, 2.24) is 10.2 Å². The SMILES string of the molecule is CCC1(C2N=C3C=CC=CC3N2)CCCN(C2CC3CCC2C3)C1=NC#N. The van der Waals surface area contributed by atoms with E-state index in [0.717, 1.165) is 49.2 Å². The van der Waals surface area contributed by atoms with E-state index < -0.39 is 0 Å². The summed E-state index contributed by atoms with van der Waals surface area (Å²) in [6, 6.07) is 0.780. The number of nitrogens with one attached hydrogen (secondary N) is 1. The summed E-state index contributed by atoms with van der Waals surface area (Å²) in [4.78, 5) is 12.1. The summed E-state index contributed by atoms with van der Waals surface area (Å²) in [5, 5.41) is 13.3. The Morgan fingerprint density at radius 2 is 2.30 bits per heavy atom. The Bertz CT molecular complexity index is 772. The molecule has 0 spiro atoms. The van der Waals surface area contributed by atoms with Crippen molar-refractivity contribution in [3.05, 3.63) is 24.3 Å². The quantitative estimate of drug-likeness (QED) is 0.782. The molecule has 1 N–H and O–H groups in total. The third-order valence-corrected chi connectivity index (χ3v) is 7.77. The van der Waals surface area contributed by atoms with E-state index in [9.17, 15) is 5.26 Å². The summed E-state index contributed by atoms with van der Waals surface area (Å²) in [5.74, 6) is 2.71. The van der Waals surface area contributed by atoms with E-state index in [0.29, 0.717) is 6.04 Å². The van der Waals surface area contributed by atoms with E-state index >= 15 is 0 Å². The lowest BCUT2D eigenvalue weighted by molar-refractivity contribution is 0.138. The second-order valence-electron chi connectivity index (χ2n) is 8.93. The van der Waals surface area contributed by atoms with E-state index in [1.165, 1.54) is 25.7 Å². The van der Waals surface area contributed by atoms with Gasteiger partial charge < -0.3 is 4.90 Å². The molecule has 2 heterocycles. The van der Waals surface area contributed by atoms with Crippen molar-refractivity contribution >= 4 is 11.5 Å². The average molecular weight is 364 g/mol. The maximum absolute atomic E-state index is 9.55. The number of hydrogen-bond donors (Lipinski definition) is 1. The minimum absolute atomic E-state index is 0.00314. The van der Waals surface area contributed by atoms with Gasteiger partial charge in [-0.15, -0.1) is 0 Å². The summed E-state index contributed by atoms with van der Waals surface area (Å²) >= 11 is 0. The first-order valence-corrected chi connectivity index (χ1v) is 10.7. The molecule has 2 saturated carbocycles. The topological polar surface area (TPSA) is 63.8 Å². The second kappa shape index (κ2) is 6.60. The van der Waals surface area contributed by atoms with Gasteiger partial charge in [-0.2, -0.15) is 10.3 Å². The molecule has 6 unspecified atom stereocenters. The molecule has 5 aliphatic rings.